The third-order valence-corrected chi connectivity index (χ3v) is 6.97. The second kappa shape index (κ2) is 10.5. The Labute approximate surface area is 209 Å². The molecule has 2 aliphatic rings. The summed E-state index contributed by atoms with van der Waals surface area (Å²) in [7, 11) is 0. The molecule has 0 radical (unpaired) electrons. The summed E-state index contributed by atoms with van der Waals surface area (Å²) >= 11 is 1.45. The minimum atomic E-state index is -0.329. The Kier molecular flexibility index (Phi) is 7.40. The van der Waals surface area contributed by atoms with Crippen LogP contribution in [-0.4, -0.2) is 38.5 Å². The second-order valence-corrected chi connectivity index (χ2v) is 10.5. The number of allylic oxidation sites excluding steroid dienone is 5. The number of nitrogens with one attached hydrogen (secondary N) is 1. The molecule has 1 atom stereocenters. The zero-order valence-corrected chi connectivity index (χ0v) is 20.9. The standard InChI is InChI=1S/C27H30N2O5S/c1-16(2)35-24-14-26(32)29(27(24)33)12-11-25(31)28-18-9-10-21-19-7-5-4-6-8-20(19)23(22(21)13-18)15-34-17(3)30/h4,6-10,13-14,16,23,32-33H,5,11-12,15H2,1-3H3,(H,28,31). The molecule has 184 valence electrons. The summed E-state index contributed by atoms with van der Waals surface area (Å²) < 4.78 is 6.69. The number of aromatic hydroxyl groups is 2. The van der Waals surface area contributed by atoms with E-state index in [1.165, 1.54) is 29.3 Å². The number of ether oxygens (including phenoxy) is 1. The zero-order valence-electron chi connectivity index (χ0n) is 20.1. The number of hydrogen-bond donors (Lipinski definition) is 3. The molecule has 0 bridgehead atoms. The van der Waals surface area contributed by atoms with Gasteiger partial charge >= 0.3 is 5.97 Å². The van der Waals surface area contributed by atoms with Crippen LogP contribution in [0.1, 0.15) is 50.7 Å². The van der Waals surface area contributed by atoms with Crippen LogP contribution in [0.25, 0.3) is 5.57 Å². The molecule has 1 unspecified atom stereocenters. The van der Waals surface area contributed by atoms with Gasteiger partial charge in [0.15, 0.2) is 5.88 Å². The molecule has 1 amide bonds. The largest absolute Gasteiger partial charge is 0.494 e. The van der Waals surface area contributed by atoms with Crippen LogP contribution in [0, 0.1) is 0 Å². The Morgan fingerprint density at radius 2 is 2.06 bits per heavy atom. The molecule has 0 saturated heterocycles. The first-order valence-corrected chi connectivity index (χ1v) is 12.6. The summed E-state index contributed by atoms with van der Waals surface area (Å²) in [4.78, 5) is 24.8. The van der Waals surface area contributed by atoms with Crippen molar-refractivity contribution < 1.29 is 24.5 Å². The van der Waals surface area contributed by atoms with E-state index in [9.17, 15) is 19.8 Å². The normalized spacial score (nSPS) is 16.3. The van der Waals surface area contributed by atoms with E-state index in [1.54, 1.807) is 0 Å². The lowest BCUT2D eigenvalue weighted by atomic mass is 9.97. The van der Waals surface area contributed by atoms with E-state index < -0.39 is 0 Å². The summed E-state index contributed by atoms with van der Waals surface area (Å²) in [5.41, 5.74) is 4.97. The number of aromatic nitrogens is 1. The van der Waals surface area contributed by atoms with E-state index in [0.29, 0.717) is 10.6 Å². The Morgan fingerprint density at radius 1 is 1.26 bits per heavy atom. The number of carbonyl (C=O) groups is 2. The number of esters is 1. The molecule has 7 nitrogen and oxygen atoms in total. The average Bonchev–Trinajstić information content (AvgIpc) is 3.08. The highest BCUT2D eigenvalue weighted by atomic mass is 32.2. The molecule has 1 heterocycles. The highest BCUT2D eigenvalue weighted by molar-refractivity contribution is 8.00. The molecule has 2 aromatic rings. The molecular formula is C27H30N2O5S. The highest BCUT2D eigenvalue weighted by Gasteiger charge is 2.32. The van der Waals surface area contributed by atoms with Crippen LogP contribution in [-0.2, 0) is 20.9 Å². The van der Waals surface area contributed by atoms with Gasteiger partial charge in [0.2, 0.25) is 11.8 Å². The molecule has 0 saturated carbocycles. The topological polar surface area (TPSA) is 101 Å². The van der Waals surface area contributed by atoms with Crippen molar-refractivity contribution in [3.05, 3.63) is 65.3 Å². The SMILES string of the molecule is CC(=O)OCC1C2=CC=CCC=C2c2ccc(NC(=O)CCn3c(O)cc(SC(C)C)c3O)cc21. The molecule has 3 N–H and O–H groups in total. The number of amides is 1. The number of rotatable bonds is 8. The fourth-order valence-electron chi connectivity index (χ4n) is 4.43. The Hall–Kier alpha value is -3.39. The van der Waals surface area contributed by atoms with Gasteiger partial charge in [-0.25, -0.2) is 0 Å². The van der Waals surface area contributed by atoms with Crippen molar-refractivity contribution in [3.8, 4) is 11.8 Å². The van der Waals surface area contributed by atoms with Crippen molar-refractivity contribution in [2.45, 2.75) is 56.2 Å². The second-order valence-electron chi connectivity index (χ2n) is 8.87. The number of benzene rings is 1. The Bertz CT molecular complexity index is 1240. The van der Waals surface area contributed by atoms with Gasteiger partial charge in [-0.15, -0.1) is 11.8 Å². The molecular weight excluding hydrogens is 464 g/mol. The van der Waals surface area contributed by atoms with Crippen molar-refractivity contribution in [1.29, 1.82) is 0 Å². The monoisotopic (exact) mass is 494 g/mol. The van der Waals surface area contributed by atoms with Crippen molar-refractivity contribution in [3.63, 3.8) is 0 Å². The van der Waals surface area contributed by atoms with E-state index >= 15 is 0 Å². The maximum Gasteiger partial charge on any atom is 0.302 e. The quantitative estimate of drug-likeness (QED) is 0.337. The summed E-state index contributed by atoms with van der Waals surface area (Å²) in [5.74, 6) is -0.775. The van der Waals surface area contributed by atoms with Gasteiger partial charge in [-0.05, 0) is 40.8 Å². The smallest absolute Gasteiger partial charge is 0.302 e. The molecule has 0 fully saturated rings. The van der Waals surface area contributed by atoms with Crippen LogP contribution < -0.4 is 5.32 Å². The predicted octanol–water partition coefficient (Wildman–Crippen LogP) is 5.36. The van der Waals surface area contributed by atoms with Gasteiger partial charge in [-0.3, -0.25) is 14.2 Å². The number of carbonyl (C=O) groups excluding carboxylic acids is 2. The van der Waals surface area contributed by atoms with Crippen LogP contribution >= 0.6 is 11.8 Å². The van der Waals surface area contributed by atoms with E-state index in [0.717, 1.165) is 28.7 Å². The third kappa shape index (κ3) is 5.48. The molecule has 1 aromatic heterocycles. The van der Waals surface area contributed by atoms with Crippen molar-refractivity contribution in [2.75, 3.05) is 11.9 Å². The number of fused-ring (bicyclic) bond motifs is 3. The number of nitrogens with zero attached hydrogens (tertiary/aromatic N) is 1. The summed E-state index contributed by atoms with van der Waals surface area (Å²) in [6, 6.07) is 7.30. The van der Waals surface area contributed by atoms with Gasteiger partial charge in [0.05, 0.1) is 4.90 Å². The maximum atomic E-state index is 12.7. The van der Waals surface area contributed by atoms with Crippen LogP contribution in [0.3, 0.4) is 0 Å². The third-order valence-electron chi connectivity index (χ3n) is 5.95. The van der Waals surface area contributed by atoms with Crippen LogP contribution in [0.4, 0.5) is 5.69 Å². The Balaban J connectivity index is 1.49. The van der Waals surface area contributed by atoms with Gasteiger partial charge in [0.1, 0.15) is 6.61 Å². The lowest BCUT2D eigenvalue weighted by molar-refractivity contribution is -0.141. The van der Waals surface area contributed by atoms with Gasteiger partial charge < -0.3 is 20.3 Å². The fraction of sp³-hybridized carbons (Fsp3) is 0.333. The Morgan fingerprint density at radius 3 is 2.80 bits per heavy atom. The first-order valence-electron chi connectivity index (χ1n) is 11.7. The first-order chi connectivity index (χ1) is 16.7. The molecule has 8 heteroatoms. The number of hydrogen-bond acceptors (Lipinski definition) is 6. The van der Waals surface area contributed by atoms with Gasteiger partial charge in [0, 0.05) is 42.8 Å². The molecule has 35 heavy (non-hydrogen) atoms. The summed E-state index contributed by atoms with van der Waals surface area (Å²) in [5, 5.41) is 23.8. The number of anilines is 1. The van der Waals surface area contributed by atoms with Crippen LogP contribution in [0.5, 0.6) is 11.8 Å². The first kappa shape index (κ1) is 24.7. The van der Waals surface area contributed by atoms with Crippen molar-refractivity contribution >= 4 is 34.9 Å². The van der Waals surface area contributed by atoms with Gasteiger partial charge in [-0.1, -0.05) is 44.2 Å². The molecule has 0 aliphatic heterocycles. The van der Waals surface area contributed by atoms with E-state index in [1.807, 2.05) is 38.1 Å². The summed E-state index contributed by atoms with van der Waals surface area (Å²) in [6.45, 7) is 5.78. The fourth-order valence-corrected chi connectivity index (χ4v) is 5.33. The van der Waals surface area contributed by atoms with E-state index in [2.05, 4.69) is 23.5 Å². The zero-order chi connectivity index (χ0) is 25.1. The lowest BCUT2D eigenvalue weighted by Gasteiger charge is -2.14. The summed E-state index contributed by atoms with van der Waals surface area (Å²) in [6.07, 6.45) is 9.24. The minimum Gasteiger partial charge on any atom is -0.494 e. The van der Waals surface area contributed by atoms with Gasteiger partial charge in [-0.2, -0.15) is 0 Å². The highest BCUT2D eigenvalue weighted by Crippen LogP contribution is 2.47. The van der Waals surface area contributed by atoms with E-state index in [4.69, 9.17) is 4.74 Å². The maximum absolute atomic E-state index is 12.7. The molecule has 2 aliphatic carbocycles. The van der Waals surface area contributed by atoms with Crippen molar-refractivity contribution in [2.24, 2.45) is 0 Å². The molecule has 0 spiro atoms. The molecule has 1 aromatic carbocycles. The van der Waals surface area contributed by atoms with Gasteiger partial charge in [0.25, 0.3) is 0 Å². The lowest BCUT2D eigenvalue weighted by Crippen LogP contribution is -2.15. The predicted molar refractivity (Wildman–Crippen MR) is 138 cm³/mol. The van der Waals surface area contributed by atoms with Crippen LogP contribution in [0.15, 0.2) is 59.0 Å². The van der Waals surface area contributed by atoms with Crippen molar-refractivity contribution in [1.82, 2.24) is 4.57 Å². The average molecular weight is 495 g/mol. The van der Waals surface area contributed by atoms with Crippen LogP contribution in [0.2, 0.25) is 0 Å². The minimum absolute atomic E-state index is 0.0334. The van der Waals surface area contributed by atoms with E-state index in [-0.39, 0.29) is 54.4 Å². The molecule has 4 rings (SSSR count). The number of thioether (sulfide) groups is 1.